The topological polar surface area (TPSA) is 43.4 Å². The van der Waals surface area contributed by atoms with Crippen LogP contribution >= 0.6 is 0 Å². The molecule has 0 fully saturated rings. The van der Waals surface area contributed by atoms with Gasteiger partial charge in [-0.3, -0.25) is 9.59 Å². The zero-order valence-electron chi connectivity index (χ0n) is 8.61. The molecule has 1 aromatic carbocycles. The van der Waals surface area contributed by atoms with Gasteiger partial charge in [-0.2, -0.15) is 0 Å². The van der Waals surface area contributed by atoms with Crippen LogP contribution in [-0.4, -0.2) is 18.4 Å². The van der Waals surface area contributed by atoms with Gasteiger partial charge < -0.3 is 4.74 Å². The first-order valence-corrected chi connectivity index (χ1v) is 4.69. The Labute approximate surface area is 92.5 Å². The quantitative estimate of drug-likeness (QED) is 0.332. The lowest BCUT2D eigenvalue weighted by Crippen LogP contribution is -2.11. The average molecular weight is 222 g/mol. The van der Waals surface area contributed by atoms with E-state index in [0.29, 0.717) is 0 Å². The highest BCUT2D eigenvalue weighted by molar-refractivity contribution is 6.05. The molecule has 0 amide bonds. The Balaban J connectivity index is 2.55. The number of halogens is 1. The first-order chi connectivity index (χ1) is 7.63. The van der Waals surface area contributed by atoms with Gasteiger partial charge in [-0.25, -0.2) is 4.39 Å². The molecule has 0 spiro atoms. The van der Waals surface area contributed by atoms with Crippen molar-refractivity contribution in [2.75, 3.05) is 6.61 Å². The second-order valence-corrected chi connectivity index (χ2v) is 3.08. The third kappa shape index (κ3) is 3.65. The first-order valence-electron chi connectivity index (χ1n) is 4.69. The Morgan fingerprint density at radius 2 is 1.94 bits per heavy atom. The summed E-state index contributed by atoms with van der Waals surface area (Å²) in [5.41, 5.74) is 0.289. The molecule has 0 saturated heterocycles. The summed E-state index contributed by atoms with van der Waals surface area (Å²) < 4.78 is 17.2. The molecule has 0 radical (unpaired) electrons. The molecule has 1 aromatic rings. The summed E-state index contributed by atoms with van der Waals surface area (Å²) in [7, 11) is 0. The van der Waals surface area contributed by atoms with Gasteiger partial charge in [0.1, 0.15) is 18.8 Å². The molecule has 0 saturated carbocycles. The highest BCUT2D eigenvalue weighted by Crippen LogP contribution is 2.06. The number of benzene rings is 1. The van der Waals surface area contributed by atoms with Crippen LogP contribution in [0.2, 0.25) is 0 Å². The molecule has 0 aliphatic heterocycles. The summed E-state index contributed by atoms with van der Waals surface area (Å²) in [5.74, 6) is -1.44. The Morgan fingerprint density at radius 3 is 2.50 bits per heavy atom. The molecule has 1 rings (SSSR count). The van der Waals surface area contributed by atoms with Crippen LogP contribution in [0.1, 0.15) is 16.8 Å². The van der Waals surface area contributed by atoms with E-state index in [1.807, 2.05) is 0 Å². The summed E-state index contributed by atoms with van der Waals surface area (Å²) in [4.78, 5) is 22.6. The van der Waals surface area contributed by atoms with E-state index in [1.165, 1.54) is 30.3 Å². The van der Waals surface area contributed by atoms with Crippen LogP contribution in [0.15, 0.2) is 36.9 Å². The standard InChI is InChI=1S/C12H11FO3/c1-2-7-16-12(15)8-11(14)9-3-5-10(13)6-4-9/h2-6H,1,7-8H2. The fourth-order valence-corrected chi connectivity index (χ4v) is 1.07. The summed E-state index contributed by atoms with van der Waals surface area (Å²) in [6, 6.07) is 5.00. The Bertz CT molecular complexity index is 395. The van der Waals surface area contributed by atoms with E-state index in [0.717, 1.165) is 0 Å². The molecule has 0 bridgehead atoms. The van der Waals surface area contributed by atoms with Crippen molar-refractivity contribution < 1.29 is 18.7 Å². The number of hydrogen-bond acceptors (Lipinski definition) is 3. The number of hydrogen-bond donors (Lipinski definition) is 0. The van der Waals surface area contributed by atoms with Gasteiger partial charge >= 0.3 is 5.97 Å². The summed E-state index contributed by atoms with van der Waals surface area (Å²) in [5, 5.41) is 0. The number of carbonyl (C=O) groups is 2. The second kappa shape index (κ2) is 5.80. The predicted molar refractivity (Wildman–Crippen MR) is 56.5 cm³/mol. The minimum absolute atomic E-state index is 0.0789. The fourth-order valence-electron chi connectivity index (χ4n) is 1.07. The van der Waals surface area contributed by atoms with Gasteiger partial charge in [0.15, 0.2) is 5.78 Å². The number of carbonyl (C=O) groups excluding carboxylic acids is 2. The molecule has 3 nitrogen and oxygen atoms in total. The lowest BCUT2D eigenvalue weighted by atomic mass is 10.1. The van der Waals surface area contributed by atoms with Crippen molar-refractivity contribution in [3.63, 3.8) is 0 Å². The smallest absolute Gasteiger partial charge is 0.314 e. The molecule has 0 aliphatic carbocycles. The van der Waals surface area contributed by atoms with Gasteiger partial charge in [-0.05, 0) is 24.3 Å². The van der Waals surface area contributed by atoms with Crippen LogP contribution in [0, 0.1) is 5.82 Å². The maximum Gasteiger partial charge on any atom is 0.314 e. The van der Waals surface area contributed by atoms with Crippen molar-refractivity contribution in [3.05, 3.63) is 48.3 Å². The lowest BCUT2D eigenvalue weighted by Gasteiger charge is -2.01. The minimum atomic E-state index is -0.616. The number of ketones is 1. The Kier molecular flexibility index (Phi) is 4.39. The molecule has 16 heavy (non-hydrogen) atoms. The van der Waals surface area contributed by atoms with E-state index >= 15 is 0 Å². The van der Waals surface area contributed by atoms with Crippen LogP contribution in [0.3, 0.4) is 0 Å². The molecule has 0 atom stereocenters. The molecule has 0 heterocycles. The molecule has 0 N–H and O–H groups in total. The van der Waals surface area contributed by atoms with Gasteiger partial charge in [0.05, 0.1) is 0 Å². The molecule has 4 heteroatoms. The van der Waals surface area contributed by atoms with Crippen LogP contribution in [0.4, 0.5) is 4.39 Å². The summed E-state index contributed by atoms with van der Waals surface area (Å²) in [6.45, 7) is 3.45. The molecule has 0 aromatic heterocycles. The molecular weight excluding hydrogens is 211 g/mol. The van der Waals surface area contributed by atoms with E-state index < -0.39 is 17.6 Å². The predicted octanol–water partition coefficient (Wildman–Crippen LogP) is 2.13. The largest absolute Gasteiger partial charge is 0.461 e. The van der Waals surface area contributed by atoms with E-state index in [9.17, 15) is 14.0 Å². The Morgan fingerprint density at radius 1 is 1.31 bits per heavy atom. The SMILES string of the molecule is C=CCOC(=O)CC(=O)c1ccc(F)cc1. The van der Waals surface area contributed by atoms with E-state index in [4.69, 9.17) is 0 Å². The highest BCUT2D eigenvalue weighted by atomic mass is 19.1. The lowest BCUT2D eigenvalue weighted by molar-refractivity contribution is -0.141. The van der Waals surface area contributed by atoms with Crippen molar-refractivity contribution in [1.29, 1.82) is 0 Å². The third-order valence-electron chi connectivity index (χ3n) is 1.83. The molecule has 84 valence electrons. The van der Waals surface area contributed by atoms with Gasteiger partial charge in [-0.15, -0.1) is 0 Å². The summed E-state index contributed by atoms with van der Waals surface area (Å²) >= 11 is 0. The number of rotatable bonds is 5. The van der Waals surface area contributed by atoms with Crippen molar-refractivity contribution in [2.45, 2.75) is 6.42 Å². The molecule has 0 aliphatic rings. The van der Waals surface area contributed by atoms with E-state index in [-0.39, 0.29) is 18.6 Å². The van der Waals surface area contributed by atoms with Gasteiger partial charge in [-0.1, -0.05) is 12.7 Å². The van der Waals surface area contributed by atoms with E-state index in [1.54, 1.807) is 0 Å². The van der Waals surface area contributed by atoms with Crippen LogP contribution in [-0.2, 0) is 9.53 Å². The van der Waals surface area contributed by atoms with Crippen LogP contribution in [0.5, 0.6) is 0 Å². The van der Waals surface area contributed by atoms with Crippen molar-refractivity contribution >= 4 is 11.8 Å². The van der Waals surface area contributed by atoms with Crippen molar-refractivity contribution in [2.24, 2.45) is 0 Å². The molecular formula is C12H11FO3. The van der Waals surface area contributed by atoms with Crippen LogP contribution < -0.4 is 0 Å². The average Bonchev–Trinajstić information content (AvgIpc) is 2.27. The zero-order valence-corrected chi connectivity index (χ0v) is 8.61. The van der Waals surface area contributed by atoms with Gasteiger partial charge in [0.2, 0.25) is 0 Å². The van der Waals surface area contributed by atoms with Crippen molar-refractivity contribution in [3.8, 4) is 0 Å². The second-order valence-electron chi connectivity index (χ2n) is 3.08. The van der Waals surface area contributed by atoms with E-state index in [2.05, 4.69) is 11.3 Å². The normalized spacial score (nSPS) is 9.56. The number of Topliss-reactive ketones (excluding diaryl/α,β-unsaturated/α-hetero) is 1. The summed E-state index contributed by atoms with van der Waals surface area (Å²) in [6.07, 6.45) is 1.07. The van der Waals surface area contributed by atoms with Crippen molar-refractivity contribution in [1.82, 2.24) is 0 Å². The van der Waals surface area contributed by atoms with Crippen LogP contribution in [0.25, 0.3) is 0 Å². The fraction of sp³-hybridized carbons (Fsp3) is 0.167. The van der Waals surface area contributed by atoms with Gasteiger partial charge in [0, 0.05) is 5.56 Å². The maximum atomic E-state index is 12.6. The number of esters is 1. The highest BCUT2D eigenvalue weighted by Gasteiger charge is 2.12. The first kappa shape index (κ1) is 12.1. The maximum absolute atomic E-state index is 12.6. The third-order valence-corrected chi connectivity index (χ3v) is 1.83. The monoisotopic (exact) mass is 222 g/mol. The minimum Gasteiger partial charge on any atom is -0.461 e. The molecule has 0 unspecified atom stereocenters. The van der Waals surface area contributed by atoms with Gasteiger partial charge in [0.25, 0.3) is 0 Å². The zero-order chi connectivity index (χ0) is 12.0. The number of ether oxygens (including phenoxy) is 1. The Hall–Kier alpha value is -1.97.